The molecule has 2 rings (SSSR count). The Hall–Kier alpha value is -1.33. The summed E-state index contributed by atoms with van der Waals surface area (Å²) in [5.41, 5.74) is 6.78. The molecule has 0 radical (unpaired) electrons. The van der Waals surface area contributed by atoms with Crippen LogP contribution < -0.4 is 5.73 Å². The zero-order chi connectivity index (χ0) is 14.0. The summed E-state index contributed by atoms with van der Waals surface area (Å²) >= 11 is 3.06. The maximum atomic E-state index is 13.5. The lowest BCUT2D eigenvalue weighted by molar-refractivity contribution is 0.572. The van der Waals surface area contributed by atoms with Gasteiger partial charge in [-0.05, 0) is 63.8 Å². The second kappa shape index (κ2) is 5.75. The van der Waals surface area contributed by atoms with Crippen molar-refractivity contribution in [1.29, 1.82) is 0 Å². The summed E-state index contributed by atoms with van der Waals surface area (Å²) in [6.45, 7) is 0. The Labute approximate surface area is 117 Å². The summed E-state index contributed by atoms with van der Waals surface area (Å²) in [6, 6.07) is 7.05. The molecule has 2 aromatic carbocycles. The molecule has 0 aliphatic rings. The van der Waals surface area contributed by atoms with E-state index in [0.717, 1.165) is 18.2 Å². The van der Waals surface area contributed by atoms with Gasteiger partial charge >= 0.3 is 0 Å². The normalized spacial score (nSPS) is 12.5. The van der Waals surface area contributed by atoms with Crippen LogP contribution in [0.5, 0.6) is 0 Å². The molecular weight excluding hydrogens is 319 g/mol. The third-order valence-electron chi connectivity index (χ3n) is 2.82. The van der Waals surface area contributed by atoms with Gasteiger partial charge in [0.1, 0.15) is 17.5 Å². The second-order valence-corrected chi connectivity index (χ2v) is 5.07. The fourth-order valence-electron chi connectivity index (χ4n) is 1.80. The molecule has 100 valence electrons. The lowest BCUT2D eigenvalue weighted by atomic mass is 9.99. The van der Waals surface area contributed by atoms with Crippen molar-refractivity contribution in [3.8, 4) is 0 Å². The van der Waals surface area contributed by atoms with E-state index in [4.69, 9.17) is 5.73 Å². The van der Waals surface area contributed by atoms with E-state index in [0.29, 0.717) is 10.0 Å². The van der Waals surface area contributed by atoms with Gasteiger partial charge in [-0.2, -0.15) is 0 Å². The molecule has 1 atom stereocenters. The number of rotatable bonds is 3. The molecule has 0 saturated carbocycles. The molecule has 2 N–H and O–H groups in total. The lowest BCUT2D eigenvalue weighted by Crippen LogP contribution is -2.14. The predicted octanol–water partition coefficient (Wildman–Crippen LogP) is 4.11. The van der Waals surface area contributed by atoms with E-state index in [-0.39, 0.29) is 12.0 Å². The highest BCUT2D eigenvalue weighted by Gasteiger charge is 2.12. The summed E-state index contributed by atoms with van der Waals surface area (Å²) in [7, 11) is 0. The van der Waals surface area contributed by atoms with Gasteiger partial charge in [-0.3, -0.25) is 0 Å². The summed E-state index contributed by atoms with van der Waals surface area (Å²) in [5, 5.41) is 0. The zero-order valence-corrected chi connectivity index (χ0v) is 11.4. The highest BCUT2D eigenvalue weighted by molar-refractivity contribution is 9.10. The van der Waals surface area contributed by atoms with E-state index in [9.17, 15) is 13.2 Å². The molecule has 2 aromatic rings. The highest BCUT2D eigenvalue weighted by Crippen LogP contribution is 2.23. The number of benzene rings is 2. The number of halogens is 4. The monoisotopic (exact) mass is 329 g/mol. The van der Waals surface area contributed by atoms with Crippen molar-refractivity contribution in [1.82, 2.24) is 0 Å². The van der Waals surface area contributed by atoms with E-state index >= 15 is 0 Å². The minimum atomic E-state index is -0.534. The summed E-state index contributed by atoms with van der Waals surface area (Å²) in [6.07, 6.45) is 0.141. The lowest BCUT2D eigenvalue weighted by Gasteiger charge is -2.13. The zero-order valence-electron chi connectivity index (χ0n) is 9.84. The Kier molecular flexibility index (Phi) is 4.27. The number of hydrogen-bond donors (Lipinski definition) is 1. The van der Waals surface area contributed by atoms with Crippen LogP contribution in [0.2, 0.25) is 0 Å². The van der Waals surface area contributed by atoms with Crippen molar-refractivity contribution in [3.05, 3.63) is 69.4 Å². The van der Waals surface area contributed by atoms with E-state index in [1.54, 1.807) is 0 Å². The van der Waals surface area contributed by atoms with Crippen LogP contribution in [0.4, 0.5) is 13.2 Å². The van der Waals surface area contributed by atoms with Crippen molar-refractivity contribution in [2.24, 2.45) is 5.73 Å². The van der Waals surface area contributed by atoms with Gasteiger partial charge in [-0.15, -0.1) is 0 Å². The smallest absolute Gasteiger partial charge is 0.137 e. The fourth-order valence-corrected chi connectivity index (χ4v) is 2.19. The first-order valence-electron chi connectivity index (χ1n) is 5.62. The van der Waals surface area contributed by atoms with Crippen molar-refractivity contribution >= 4 is 15.9 Å². The van der Waals surface area contributed by atoms with Gasteiger partial charge in [0.15, 0.2) is 0 Å². The quantitative estimate of drug-likeness (QED) is 0.901. The largest absolute Gasteiger partial charge is 0.324 e. The Balaban J connectivity index is 2.22. The minimum absolute atomic E-state index is 0.141. The molecule has 5 heteroatoms. The van der Waals surface area contributed by atoms with Crippen molar-refractivity contribution in [2.45, 2.75) is 12.5 Å². The molecule has 0 spiro atoms. The fraction of sp³-hybridized carbons (Fsp3) is 0.143. The summed E-state index contributed by atoms with van der Waals surface area (Å²) < 4.78 is 40.0. The molecule has 0 bridgehead atoms. The van der Waals surface area contributed by atoms with Gasteiger partial charge in [0, 0.05) is 6.04 Å². The van der Waals surface area contributed by atoms with Gasteiger partial charge in [-0.1, -0.05) is 6.07 Å². The Morgan fingerprint density at radius 1 is 1.00 bits per heavy atom. The van der Waals surface area contributed by atoms with Crippen LogP contribution in [0, 0.1) is 17.5 Å². The van der Waals surface area contributed by atoms with Crippen LogP contribution in [-0.4, -0.2) is 0 Å². The molecule has 1 nitrogen and oxygen atoms in total. The van der Waals surface area contributed by atoms with E-state index in [1.807, 2.05) is 0 Å². The third kappa shape index (κ3) is 3.36. The van der Waals surface area contributed by atoms with Gasteiger partial charge < -0.3 is 5.73 Å². The molecular formula is C14H11BrF3N. The van der Waals surface area contributed by atoms with Crippen molar-refractivity contribution in [3.63, 3.8) is 0 Å². The van der Waals surface area contributed by atoms with Crippen LogP contribution >= 0.6 is 15.9 Å². The molecule has 19 heavy (non-hydrogen) atoms. The maximum absolute atomic E-state index is 13.5. The van der Waals surface area contributed by atoms with Crippen LogP contribution in [0.25, 0.3) is 0 Å². The molecule has 0 heterocycles. The van der Waals surface area contributed by atoms with Crippen LogP contribution in [0.3, 0.4) is 0 Å². The van der Waals surface area contributed by atoms with Crippen LogP contribution in [0.15, 0.2) is 40.9 Å². The van der Waals surface area contributed by atoms with Crippen LogP contribution in [-0.2, 0) is 6.42 Å². The van der Waals surface area contributed by atoms with E-state index in [1.165, 1.54) is 18.2 Å². The van der Waals surface area contributed by atoms with Gasteiger partial charge in [0.2, 0.25) is 0 Å². The predicted molar refractivity (Wildman–Crippen MR) is 71.1 cm³/mol. The number of hydrogen-bond acceptors (Lipinski definition) is 1. The van der Waals surface area contributed by atoms with Crippen molar-refractivity contribution < 1.29 is 13.2 Å². The summed E-state index contributed by atoms with van der Waals surface area (Å²) in [4.78, 5) is 0. The van der Waals surface area contributed by atoms with Crippen molar-refractivity contribution in [2.75, 3.05) is 0 Å². The van der Waals surface area contributed by atoms with Gasteiger partial charge in [0.25, 0.3) is 0 Å². The third-order valence-corrected chi connectivity index (χ3v) is 3.43. The first kappa shape index (κ1) is 14.1. The standard InChI is InChI=1S/C14H11BrF3N/c15-11-6-8(1-3-13(11)18)14(19)7-9-5-10(16)2-4-12(9)17/h1-6,14H,7,19H2. The maximum Gasteiger partial charge on any atom is 0.137 e. The molecule has 0 saturated heterocycles. The Bertz CT molecular complexity index is 601. The molecule has 0 aliphatic heterocycles. The average Bonchev–Trinajstić information content (AvgIpc) is 2.37. The summed E-state index contributed by atoms with van der Waals surface area (Å²) in [5.74, 6) is -1.41. The molecule has 0 amide bonds. The van der Waals surface area contributed by atoms with Gasteiger partial charge in [0.05, 0.1) is 4.47 Å². The Morgan fingerprint density at radius 3 is 2.37 bits per heavy atom. The highest BCUT2D eigenvalue weighted by atomic mass is 79.9. The molecule has 0 aliphatic carbocycles. The minimum Gasteiger partial charge on any atom is -0.324 e. The topological polar surface area (TPSA) is 26.0 Å². The van der Waals surface area contributed by atoms with E-state index in [2.05, 4.69) is 15.9 Å². The van der Waals surface area contributed by atoms with E-state index < -0.39 is 23.5 Å². The Morgan fingerprint density at radius 2 is 1.68 bits per heavy atom. The second-order valence-electron chi connectivity index (χ2n) is 4.22. The molecule has 0 aromatic heterocycles. The van der Waals surface area contributed by atoms with Gasteiger partial charge in [-0.25, -0.2) is 13.2 Å². The van der Waals surface area contributed by atoms with Crippen LogP contribution in [0.1, 0.15) is 17.2 Å². The SMILES string of the molecule is NC(Cc1cc(F)ccc1F)c1ccc(F)c(Br)c1. The average molecular weight is 330 g/mol. The molecule has 0 fully saturated rings. The first-order valence-corrected chi connectivity index (χ1v) is 6.41. The number of nitrogens with two attached hydrogens (primary N) is 1. The first-order chi connectivity index (χ1) is 8.97. The molecule has 1 unspecified atom stereocenters.